The molecule has 0 bridgehead atoms. The average molecular weight is 267 g/mol. The Balaban J connectivity index is 3.15. The molecule has 1 rings (SSSR count). The maximum absolute atomic E-state index is 13.9. The Morgan fingerprint density at radius 1 is 1.42 bits per heavy atom. The third-order valence-electron chi connectivity index (χ3n) is 2.57. The van der Waals surface area contributed by atoms with Crippen molar-refractivity contribution in [3.8, 4) is 6.07 Å². The van der Waals surface area contributed by atoms with Crippen LogP contribution >= 0.6 is 0 Å². The van der Waals surface area contributed by atoms with Crippen molar-refractivity contribution in [2.75, 3.05) is 25.0 Å². The second kappa shape index (κ2) is 6.69. The van der Waals surface area contributed by atoms with Crippen LogP contribution in [-0.4, -0.2) is 26.0 Å². The van der Waals surface area contributed by atoms with Gasteiger partial charge >= 0.3 is 0 Å². The summed E-state index contributed by atoms with van der Waals surface area (Å²) in [5.74, 6) is -2.01. The molecule has 0 unspecified atom stereocenters. The molecule has 6 heteroatoms. The van der Waals surface area contributed by atoms with Crippen LogP contribution in [0.15, 0.2) is 12.1 Å². The van der Waals surface area contributed by atoms with E-state index >= 15 is 0 Å². The first-order chi connectivity index (χ1) is 9.03. The molecule has 0 aliphatic rings. The van der Waals surface area contributed by atoms with Crippen molar-refractivity contribution in [3.05, 3.63) is 29.3 Å². The third kappa shape index (κ3) is 3.65. The van der Waals surface area contributed by atoms with Crippen LogP contribution in [0.1, 0.15) is 18.9 Å². The van der Waals surface area contributed by atoms with Gasteiger partial charge in [-0.05, 0) is 18.6 Å². The number of likely N-dealkylation sites (N-methyl/N-ethyl adjacent to an activating group) is 1. The summed E-state index contributed by atoms with van der Waals surface area (Å²) < 4.78 is 27.7. The number of carbonyl (C=O) groups is 1. The van der Waals surface area contributed by atoms with Crippen LogP contribution in [-0.2, 0) is 4.79 Å². The lowest BCUT2D eigenvalue weighted by Gasteiger charge is -2.24. The van der Waals surface area contributed by atoms with E-state index in [0.29, 0.717) is 13.0 Å². The van der Waals surface area contributed by atoms with Gasteiger partial charge in [0.15, 0.2) is 11.6 Å². The van der Waals surface area contributed by atoms with Crippen LogP contribution in [0, 0.1) is 23.0 Å². The summed E-state index contributed by atoms with van der Waals surface area (Å²) >= 11 is 0. The lowest BCUT2D eigenvalue weighted by molar-refractivity contribution is -0.119. The molecule has 0 heterocycles. The summed E-state index contributed by atoms with van der Waals surface area (Å²) in [5, 5.41) is 11.0. The molecule has 1 aromatic carbocycles. The fraction of sp³-hybridized carbons (Fsp3) is 0.385. The quantitative estimate of drug-likeness (QED) is 0.885. The second-order valence-corrected chi connectivity index (χ2v) is 4.00. The van der Waals surface area contributed by atoms with Gasteiger partial charge in [-0.15, -0.1) is 0 Å². The zero-order valence-corrected chi connectivity index (χ0v) is 10.8. The molecule has 0 radical (unpaired) electrons. The molecular weight excluding hydrogens is 252 g/mol. The largest absolute Gasteiger partial charge is 0.358 e. The molecule has 0 aliphatic carbocycles. The van der Waals surface area contributed by atoms with Crippen LogP contribution in [0.3, 0.4) is 0 Å². The van der Waals surface area contributed by atoms with Crippen LogP contribution in [0.4, 0.5) is 14.5 Å². The van der Waals surface area contributed by atoms with Crippen molar-refractivity contribution in [2.24, 2.45) is 0 Å². The van der Waals surface area contributed by atoms with Gasteiger partial charge in [-0.25, -0.2) is 8.78 Å². The van der Waals surface area contributed by atoms with Gasteiger partial charge in [-0.3, -0.25) is 4.79 Å². The van der Waals surface area contributed by atoms with Crippen LogP contribution in [0.5, 0.6) is 0 Å². The van der Waals surface area contributed by atoms with Gasteiger partial charge < -0.3 is 10.2 Å². The molecule has 1 N–H and O–H groups in total. The highest BCUT2D eigenvalue weighted by Gasteiger charge is 2.19. The number of nitriles is 1. The SMILES string of the molecule is CCCN(CC(=O)NC)c1c(F)cc(C#N)cc1F. The third-order valence-corrected chi connectivity index (χ3v) is 2.57. The zero-order valence-electron chi connectivity index (χ0n) is 10.8. The highest BCUT2D eigenvalue weighted by atomic mass is 19.1. The van der Waals surface area contributed by atoms with E-state index < -0.39 is 11.6 Å². The molecular formula is C13H15F2N3O. The normalized spacial score (nSPS) is 9.84. The predicted molar refractivity (Wildman–Crippen MR) is 67.6 cm³/mol. The summed E-state index contributed by atoms with van der Waals surface area (Å²) in [6.07, 6.45) is 0.635. The zero-order chi connectivity index (χ0) is 14.4. The predicted octanol–water partition coefficient (Wildman–Crippen LogP) is 1.80. The smallest absolute Gasteiger partial charge is 0.239 e. The Morgan fingerprint density at radius 2 is 2.00 bits per heavy atom. The van der Waals surface area contributed by atoms with E-state index in [1.165, 1.54) is 11.9 Å². The number of rotatable bonds is 5. The van der Waals surface area contributed by atoms with Crippen molar-refractivity contribution < 1.29 is 13.6 Å². The summed E-state index contributed by atoms with van der Waals surface area (Å²) in [5.41, 5.74) is -0.361. The van der Waals surface area contributed by atoms with Gasteiger partial charge in [0.1, 0.15) is 5.69 Å². The Morgan fingerprint density at radius 3 is 2.42 bits per heavy atom. The number of benzene rings is 1. The lowest BCUT2D eigenvalue weighted by Crippen LogP contribution is -2.37. The van der Waals surface area contributed by atoms with Gasteiger partial charge in [0.25, 0.3) is 0 Å². The molecule has 1 aromatic rings. The van der Waals surface area contributed by atoms with E-state index in [9.17, 15) is 13.6 Å². The first-order valence-corrected chi connectivity index (χ1v) is 5.88. The van der Waals surface area contributed by atoms with Crippen molar-refractivity contribution in [3.63, 3.8) is 0 Å². The molecule has 0 saturated carbocycles. The standard InChI is InChI=1S/C13H15F2N3O/c1-3-4-18(8-12(19)17-2)13-10(14)5-9(7-16)6-11(13)15/h5-6H,3-4,8H2,1-2H3,(H,17,19). The van der Waals surface area contributed by atoms with Gasteiger partial charge in [0.2, 0.25) is 5.91 Å². The van der Waals surface area contributed by atoms with E-state index in [-0.39, 0.29) is 23.7 Å². The highest BCUT2D eigenvalue weighted by Crippen LogP contribution is 2.25. The lowest BCUT2D eigenvalue weighted by atomic mass is 10.1. The van der Waals surface area contributed by atoms with E-state index in [1.54, 1.807) is 6.07 Å². The number of hydrogen-bond donors (Lipinski definition) is 1. The van der Waals surface area contributed by atoms with Crippen molar-refractivity contribution in [2.45, 2.75) is 13.3 Å². The van der Waals surface area contributed by atoms with E-state index in [4.69, 9.17) is 5.26 Å². The Hall–Kier alpha value is -2.16. The van der Waals surface area contributed by atoms with Crippen LogP contribution in [0.2, 0.25) is 0 Å². The number of hydrogen-bond acceptors (Lipinski definition) is 3. The molecule has 0 aliphatic heterocycles. The van der Waals surface area contributed by atoms with Gasteiger partial charge in [0, 0.05) is 13.6 Å². The van der Waals surface area contributed by atoms with E-state index in [0.717, 1.165) is 12.1 Å². The maximum Gasteiger partial charge on any atom is 0.239 e. The molecule has 4 nitrogen and oxygen atoms in total. The van der Waals surface area contributed by atoms with Crippen molar-refractivity contribution in [1.29, 1.82) is 5.26 Å². The fourth-order valence-corrected chi connectivity index (χ4v) is 1.72. The molecule has 19 heavy (non-hydrogen) atoms. The summed E-state index contributed by atoms with van der Waals surface area (Å²) in [6.45, 7) is 2.05. The number of nitrogens with one attached hydrogen (secondary N) is 1. The molecule has 0 fully saturated rings. The number of halogens is 2. The summed E-state index contributed by atoms with van der Waals surface area (Å²) in [7, 11) is 1.46. The first kappa shape index (κ1) is 14.9. The molecule has 0 spiro atoms. The number of nitrogens with zero attached hydrogens (tertiary/aromatic N) is 2. The van der Waals surface area contributed by atoms with Gasteiger partial charge in [0.05, 0.1) is 18.2 Å². The monoisotopic (exact) mass is 267 g/mol. The number of carbonyl (C=O) groups excluding carboxylic acids is 1. The number of amides is 1. The average Bonchev–Trinajstić information content (AvgIpc) is 2.37. The Kier molecular flexibility index (Phi) is 5.24. The van der Waals surface area contributed by atoms with Crippen molar-refractivity contribution >= 4 is 11.6 Å². The minimum Gasteiger partial charge on any atom is -0.358 e. The highest BCUT2D eigenvalue weighted by molar-refractivity contribution is 5.81. The molecule has 0 aromatic heterocycles. The number of anilines is 1. The van der Waals surface area contributed by atoms with E-state index in [2.05, 4.69) is 5.32 Å². The minimum absolute atomic E-state index is 0.0878. The van der Waals surface area contributed by atoms with Crippen LogP contribution in [0.25, 0.3) is 0 Å². The first-order valence-electron chi connectivity index (χ1n) is 5.88. The van der Waals surface area contributed by atoms with Gasteiger partial charge in [-0.1, -0.05) is 6.92 Å². The van der Waals surface area contributed by atoms with Crippen molar-refractivity contribution in [1.82, 2.24) is 5.32 Å². The van der Waals surface area contributed by atoms with E-state index in [1.807, 2.05) is 6.92 Å². The van der Waals surface area contributed by atoms with Crippen LogP contribution < -0.4 is 10.2 Å². The summed E-state index contributed by atoms with van der Waals surface area (Å²) in [4.78, 5) is 12.7. The molecule has 0 saturated heterocycles. The fourth-order valence-electron chi connectivity index (χ4n) is 1.72. The topological polar surface area (TPSA) is 56.1 Å². The summed E-state index contributed by atoms with van der Waals surface area (Å²) in [6, 6.07) is 3.61. The molecule has 0 atom stereocenters. The second-order valence-electron chi connectivity index (χ2n) is 4.00. The Bertz CT molecular complexity index is 488. The molecule has 102 valence electrons. The molecule has 1 amide bonds. The maximum atomic E-state index is 13.9. The minimum atomic E-state index is -0.839. The van der Waals surface area contributed by atoms with Gasteiger partial charge in [-0.2, -0.15) is 5.26 Å². The Labute approximate surface area is 110 Å².